The van der Waals surface area contributed by atoms with Crippen molar-refractivity contribution < 1.29 is 0 Å². The molecule has 1 fully saturated rings. The zero-order chi connectivity index (χ0) is 18.4. The number of quaternary nitrogens is 1. The highest BCUT2D eigenvalue weighted by molar-refractivity contribution is 5.69. The minimum atomic E-state index is 0.235. The average Bonchev–Trinajstić information content (AvgIpc) is 2.66. The van der Waals surface area contributed by atoms with Crippen molar-refractivity contribution in [1.82, 2.24) is 19.8 Å². The number of piperazine rings is 1. The average molecular weight is 353 g/mol. The van der Waals surface area contributed by atoms with E-state index in [4.69, 9.17) is 4.98 Å². The summed E-state index contributed by atoms with van der Waals surface area (Å²) in [5.74, 6) is 0.843. The van der Waals surface area contributed by atoms with Crippen LogP contribution in [-0.4, -0.2) is 56.8 Å². The van der Waals surface area contributed by atoms with Gasteiger partial charge in [0.2, 0.25) is 5.95 Å². The van der Waals surface area contributed by atoms with E-state index in [9.17, 15) is 0 Å². The minimum Gasteiger partial charge on any atom is -0.338 e. The summed E-state index contributed by atoms with van der Waals surface area (Å²) >= 11 is 0. The van der Waals surface area contributed by atoms with Crippen LogP contribution in [0.2, 0.25) is 0 Å². The third-order valence-electron chi connectivity index (χ3n) is 6.01. The highest BCUT2D eigenvalue weighted by Gasteiger charge is 2.38. The molecule has 5 nitrogen and oxygen atoms in total. The second-order valence-electron chi connectivity index (χ2n) is 8.75. The summed E-state index contributed by atoms with van der Waals surface area (Å²) < 4.78 is 0.933. The number of aromatic nitrogens is 2. The second kappa shape index (κ2) is 6.32. The lowest BCUT2D eigenvalue weighted by Crippen LogP contribution is -2.48. The zero-order valence-electron chi connectivity index (χ0n) is 16.4. The van der Waals surface area contributed by atoms with Crippen molar-refractivity contribution in [2.24, 2.45) is 0 Å². The smallest absolute Gasteiger partial charge is 0.225 e. The fourth-order valence-electron chi connectivity index (χ4n) is 4.10. The fourth-order valence-corrected chi connectivity index (χ4v) is 4.10. The molecule has 4 rings (SSSR count). The molecule has 0 bridgehead atoms. The van der Waals surface area contributed by atoms with Gasteiger partial charge in [0.05, 0.1) is 26.3 Å². The maximum Gasteiger partial charge on any atom is 0.225 e. The molecule has 2 aliphatic heterocycles. The Balaban J connectivity index is 1.73. The van der Waals surface area contributed by atoms with Crippen molar-refractivity contribution in [3.05, 3.63) is 36.0 Å². The van der Waals surface area contributed by atoms with Gasteiger partial charge >= 0.3 is 0 Å². The van der Waals surface area contributed by atoms with Gasteiger partial charge in [-0.25, -0.2) is 9.97 Å². The van der Waals surface area contributed by atoms with Crippen LogP contribution in [0.1, 0.15) is 25.8 Å². The SMILES string of the molecule is CC1(C)CC[N+](C)(C)c2cc(-c3ccnc(N4CCNCC4)n3)ccc21. The Kier molecular flexibility index (Phi) is 4.24. The van der Waals surface area contributed by atoms with Gasteiger partial charge in [-0.2, -0.15) is 0 Å². The van der Waals surface area contributed by atoms with Crippen LogP contribution in [0.3, 0.4) is 0 Å². The van der Waals surface area contributed by atoms with Crippen LogP contribution in [0.25, 0.3) is 11.3 Å². The van der Waals surface area contributed by atoms with Gasteiger partial charge in [-0.15, -0.1) is 0 Å². The monoisotopic (exact) mass is 352 g/mol. The van der Waals surface area contributed by atoms with Gasteiger partial charge in [-0.05, 0) is 6.07 Å². The predicted molar refractivity (Wildman–Crippen MR) is 109 cm³/mol. The van der Waals surface area contributed by atoms with Crippen molar-refractivity contribution in [2.75, 3.05) is 51.7 Å². The standard InChI is InChI=1S/C21H30N5/c1-21(2)8-14-26(3,4)19-15-16(5-6-17(19)21)18-7-9-23-20(24-18)25-12-10-22-11-13-25/h5-7,9,15,22H,8,10-14H2,1-4H3/q+1. The van der Waals surface area contributed by atoms with Crippen LogP contribution in [-0.2, 0) is 5.41 Å². The second-order valence-corrected chi connectivity index (χ2v) is 8.75. The Morgan fingerprint density at radius 3 is 2.65 bits per heavy atom. The first kappa shape index (κ1) is 17.4. The summed E-state index contributed by atoms with van der Waals surface area (Å²) in [7, 11) is 4.62. The molecular formula is C21H30N5+. The minimum absolute atomic E-state index is 0.235. The van der Waals surface area contributed by atoms with E-state index < -0.39 is 0 Å². The Morgan fingerprint density at radius 1 is 1.12 bits per heavy atom. The molecule has 0 saturated carbocycles. The van der Waals surface area contributed by atoms with Crippen LogP contribution in [0.4, 0.5) is 11.6 Å². The number of fused-ring (bicyclic) bond motifs is 1. The summed E-state index contributed by atoms with van der Waals surface area (Å²) in [5, 5.41) is 3.38. The Bertz CT molecular complexity index is 806. The highest BCUT2D eigenvalue weighted by Crippen LogP contribution is 2.43. The Morgan fingerprint density at radius 2 is 1.88 bits per heavy atom. The van der Waals surface area contributed by atoms with E-state index in [-0.39, 0.29) is 5.41 Å². The largest absolute Gasteiger partial charge is 0.338 e. The molecule has 0 aliphatic carbocycles. The van der Waals surface area contributed by atoms with Gasteiger partial charge in [0.15, 0.2) is 0 Å². The first-order valence-corrected chi connectivity index (χ1v) is 9.64. The van der Waals surface area contributed by atoms with Crippen LogP contribution in [0.15, 0.2) is 30.5 Å². The molecule has 0 unspecified atom stereocenters. The first-order valence-electron chi connectivity index (χ1n) is 9.64. The van der Waals surface area contributed by atoms with Crippen molar-refractivity contribution in [3.63, 3.8) is 0 Å². The van der Waals surface area contributed by atoms with Gasteiger partial charge in [0.25, 0.3) is 0 Å². The molecule has 1 aromatic heterocycles. The fraction of sp³-hybridized carbons (Fsp3) is 0.524. The van der Waals surface area contributed by atoms with Gasteiger partial charge in [0, 0.05) is 61.4 Å². The lowest BCUT2D eigenvalue weighted by molar-refractivity contribution is 0.302. The number of nitrogens with one attached hydrogen (secondary N) is 1. The third-order valence-corrected chi connectivity index (χ3v) is 6.01. The van der Waals surface area contributed by atoms with Crippen LogP contribution < -0.4 is 14.7 Å². The summed E-state index contributed by atoms with van der Waals surface area (Å²) in [5.41, 5.74) is 5.32. The summed E-state index contributed by atoms with van der Waals surface area (Å²) in [6.45, 7) is 9.80. The van der Waals surface area contributed by atoms with E-state index in [1.165, 1.54) is 29.8 Å². The zero-order valence-corrected chi connectivity index (χ0v) is 16.4. The summed E-state index contributed by atoms with van der Waals surface area (Å²) in [6.07, 6.45) is 3.11. The molecule has 26 heavy (non-hydrogen) atoms. The lowest BCUT2D eigenvalue weighted by atomic mass is 9.76. The van der Waals surface area contributed by atoms with Crippen LogP contribution >= 0.6 is 0 Å². The number of anilines is 1. The molecule has 0 radical (unpaired) electrons. The van der Waals surface area contributed by atoms with Gasteiger partial charge < -0.3 is 10.2 Å². The quantitative estimate of drug-likeness (QED) is 0.844. The number of rotatable bonds is 2. The first-order chi connectivity index (χ1) is 12.4. The summed E-state index contributed by atoms with van der Waals surface area (Å²) in [4.78, 5) is 11.7. The summed E-state index contributed by atoms with van der Waals surface area (Å²) in [6, 6.07) is 8.92. The van der Waals surface area contributed by atoms with E-state index in [2.05, 4.69) is 61.3 Å². The van der Waals surface area contributed by atoms with Crippen molar-refractivity contribution >= 4 is 11.6 Å². The molecule has 0 amide bonds. The Hall–Kier alpha value is -1.98. The van der Waals surface area contributed by atoms with E-state index >= 15 is 0 Å². The van der Waals surface area contributed by atoms with E-state index in [1.54, 1.807) is 0 Å². The topological polar surface area (TPSA) is 41.1 Å². The predicted octanol–water partition coefficient (Wildman–Crippen LogP) is 2.80. The van der Waals surface area contributed by atoms with E-state index in [0.717, 1.165) is 42.3 Å². The molecule has 2 aliphatic rings. The van der Waals surface area contributed by atoms with E-state index in [0.29, 0.717) is 0 Å². The molecule has 5 heteroatoms. The molecule has 1 N–H and O–H groups in total. The molecule has 3 heterocycles. The van der Waals surface area contributed by atoms with Crippen molar-refractivity contribution in [1.29, 1.82) is 0 Å². The van der Waals surface area contributed by atoms with Crippen molar-refractivity contribution in [3.8, 4) is 11.3 Å². The maximum atomic E-state index is 4.88. The molecule has 0 spiro atoms. The van der Waals surface area contributed by atoms with Crippen molar-refractivity contribution in [2.45, 2.75) is 25.7 Å². The maximum absolute atomic E-state index is 4.88. The van der Waals surface area contributed by atoms with Crippen LogP contribution in [0.5, 0.6) is 0 Å². The molecule has 0 atom stereocenters. The van der Waals surface area contributed by atoms with Crippen LogP contribution in [0, 0.1) is 0 Å². The van der Waals surface area contributed by atoms with E-state index in [1.807, 2.05) is 12.3 Å². The number of hydrogen-bond donors (Lipinski definition) is 1. The molecule has 1 aromatic carbocycles. The number of hydrogen-bond acceptors (Lipinski definition) is 4. The van der Waals surface area contributed by atoms with Gasteiger partial charge in [-0.3, -0.25) is 4.48 Å². The normalized spacial score (nSPS) is 21.3. The number of nitrogens with zero attached hydrogens (tertiary/aromatic N) is 4. The van der Waals surface area contributed by atoms with Gasteiger partial charge in [0.1, 0.15) is 5.69 Å². The molecule has 2 aromatic rings. The highest BCUT2D eigenvalue weighted by atomic mass is 15.3. The van der Waals surface area contributed by atoms with Gasteiger partial charge in [-0.1, -0.05) is 26.0 Å². The number of benzene rings is 1. The molecular weight excluding hydrogens is 322 g/mol. The Labute approximate surface area is 156 Å². The third kappa shape index (κ3) is 3.10. The molecule has 138 valence electrons. The molecule has 1 saturated heterocycles. The lowest BCUT2D eigenvalue weighted by Gasteiger charge is -2.42.